The van der Waals surface area contributed by atoms with Gasteiger partial charge in [-0.3, -0.25) is 0 Å². The quantitative estimate of drug-likeness (QED) is 0.890. The molecule has 0 amide bonds. The molecular weight excluding hydrogens is 306 g/mol. The molecule has 0 spiro atoms. The van der Waals surface area contributed by atoms with Gasteiger partial charge in [0.1, 0.15) is 0 Å². The van der Waals surface area contributed by atoms with Gasteiger partial charge in [-0.25, -0.2) is 13.1 Å². The van der Waals surface area contributed by atoms with Gasteiger partial charge in [0.05, 0.1) is 11.5 Å². The van der Waals surface area contributed by atoms with Crippen LogP contribution in [0.15, 0.2) is 23.1 Å². The topological polar surface area (TPSA) is 66.4 Å². The second kappa shape index (κ2) is 6.45. The van der Waals surface area contributed by atoms with Crippen LogP contribution in [0, 0.1) is 0 Å². The molecule has 4 nitrogen and oxygen atoms in total. The molecular formula is C12H16ClNO3S2. The van der Waals surface area contributed by atoms with Crippen LogP contribution in [0.2, 0.25) is 5.02 Å². The monoisotopic (exact) mass is 321 g/mol. The molecule has 0 saturated carbocycles. The van der Waals surface area contributed by atoms with E-state index in [-0.39, 0.29) is 22.6 Å². The zero-order chi connectivity index (χ0) is 13.9. The zero-order valence-corrected chi connectivity index (χ0v) is 12.7. The van der Waals surface area contributed by atoms with Crippen molar-refractivity contribution in [2.24, 2.45) is 0 Å². The molecule has 2 rings (SSSR count). The second-order valence-corrected chi connectivity index (χ2v) is 7.77. The van der Waals surface area contributed by atoms with Gasteiger partial charge in [-0.2, -0.15) is 11.8 Å². The molecule has 19 heavy (non-hydrogen) atoms. The predicted molar refractivity (Wildman–Crippen MR) is 78.0 cm³/mol. The highest BCUT2D eigenvalue weighted by Crippen LogP contribution is 2.23. The van der Waals surface area contributed by atoms with Crippen molar-refractivity contribution in [2.45, 2.75) is 30.4 Å². The highest BCUT2D eigenvalue weighted by Gasteiger charge is 2.22. The summed E-state index contributed by atoms with van der Waals surface area (Å²) in [4.78, 5) is 0.146. The van der Waals surface area contributed by atoms with Crippen molar-refractivity contribution in [1.82, 2.24) is 4.72 Å². The predicted octanol–water partition coefficient (Wildman–Crippen LogP) is 2.01. The van der Waals surface area contributed by atoms with Gasteiger partial charge >= 0.3 is 0 Å². The lowest BCUT2D eigenvalue weighted by molar-refractivity contribution is 0.282. The Hall–Kier alpha value is -0.270. The van der Waals surface area contributed by atoms with Gasteiger partial charge in [-0.1, -0.05) is 17.7 Å². The fraction of sp³-hybridized carbons (Fsp3) is 0.500. The maximum atomic E-state index is 12.2. The van der Waals surface area contributed by atoms with E-state index in [1.165, 1.54) is 18.2 Å². The third-order valence-corrected chi connectivity index (χ3v) is 5.97. The molecule has 1 aromatic carbocycles. The Morgan fingerprint density at radius 3 is 2.63 bits per heavy atom. The van der Waals surface area contributed by atoms with Gasteiger partial charge in [0.25, 0.3) is 0 Å². The average Bonchev–Trinajstić information content (AvgIpc) is 2.39. The third-order valence-electron chi connectivity index (χ3n) is 3.05. The van der Waals surface area contributed by atoms with Gasteiger partial charge in [-0.15, -0.1) is 0 Å². The molecule has 1 fully saturated rings. The summed E-state index contributed by atoms with van der Waals surface area (Å²) in [6.45, 7) is -0.202. The molecule has 106 valence electrons. The number of thioether (sulfide) groups is 1. The number of aliphatic hydroxyl groups is 1. The summed E-state index contributed by atoms with van der Waals surface area (Å²) in [5.41, 5.74) is 0.523. The molecule has 1 aliphatic rings. The first-order chi connectivity index (χ1) is 9.03. The Labute approximate surface area is 122 Å². The molecule has 1 saturated heterocycles. The normalized spacial score (nSPS) is 17.6. The van der Waals surface area contributed by atoms with Crippen molar-refractivity contribution < 1.29 is 13.5 Å². The Morgan fingerprint density at radius 2 is 2.05 bits per heavy atom. The van der Waals surface area contributed by atoms with E-state index in [0.29, 0.717) is 5.56 Å². The number of aliphatic hydroxyl groups excluding tert-OH is 1. The van der Waals surface area contributed by atoms with Crippen LogP contribution < -0.4 is 4.72 Å². The molecule has 2 N–H and O–H groups in total. The van der Waals surface area contributed by atoms with Crippen molar-refractivity contribution in [3.8, 4) is 0 Å². The fourth-order valence-corrected chi connectivity index (χ4v) is 4.67. The van der Waals surface area contributed by atoms with Gasteiger partial charge in [0.2, 0.25) is 10.0 Å². The first-order valence-electron chi connectivity index (χ1n) is 6.02. The summed E-state index contributed by atoms with van der Waals surface area (Å²) >= 11 is 7.77. The van der Waals surface area contributed by atoms with Crippen molar-refractivity contribution in [1.29, 1.82) is 0 Å². The average molecular weight is 322 g/mol. The van der Waals surface area contributed by atoms with Gasteiger partial charge < -0.3 is 5.11 Å². The largest absolute Gasteiger partial charge is 0.392 e. The highest BCUT2D eigenvalue weighted by atomic mass is 35.5. The van der Waals surface area contributed by atoms with Crippen LogP contribution in [0.25, 0.3) is 0 Å². The lowest BCUT2D eigenvalue weighted by Crippen LogP contribution is -2.37. The van der Waals surface area contributed by atoms with Crippen molar-refractivity contribution in [2.75, 3.05) is 11.5 Å². The zero-order valence-electron chi connectivity index (χ0n) is 10.3. The molecule has 1 aromatic rings. The number of sulfonamides is 1. The van der Waals surface area contributed by atoms with Crippen LogP contribution in [-0.2, 0) is 16.6 Å². The van der Waals surface area contributed by atoms with Crippen LogP contribution in [-0.4, -0.2) is 31.1 Å². The number of benzene rings is 1. The van der Waals surface area contributed by atoms with E-state index >= 15 is 0 Å². The summed E-state index contributed by atoms with van der Waals surface area (Å²) in [5, 5.41) is 9.29. The number of hydrogen-bond donors (Lipinski definition) is 2. The summed E-state index contributed by atoms with van der Waals surface area (Å²) in [6, 6.07) is 4.39. The standard InChI is InChI=1S/C12H16ClNO3S2/c13-12-7-11(2-1-9(12)8-15)19(16,17)14-10-3-5-18-6-4-10/h1-2,7,10,14-15H,3-6,8H2. The number of rotatable bonds is 4. The molecule has 0 unspecified atom stereocenters. The minimum absolute atomic E-state index is 0.00236. The van der Waals surface area contributed by atoms with Crippen LogP contribution in [0.4, 0.5) is 0 Å². The van der Waals surface area contributed by atoms with Gasteiger partial charge in [0.15, 0.2) is 0 Å². The van der Waals surface area contributed by atoms with Gasteiger partial charge in [-0.05, 0) is 42.0 Å². The summed E-state index contributed by atoms with van der Waals surface area (Å²) in [7, 11) is -3.53. The van der Waals surface area contributed by atoms with E-state index in [4.69, 9.17) is 16.7 Å². The van der Waals surface area contributed by atoms with Crippen molar-refractivity contribution >= 4 is 33.4 Å². The number of hydrogen-bond acceptors (Lipinski definition) is 4. The molecule has 0 aliphatic carbocycles. The van der Waals surface area contributed by atoms with E-state index in [1.807, 2.05) is 11.8 Å². The first kappa shape index (κ1) is 15.1. The van der Waals surface area contributed by atoms with E-state index in [2.05, 4.69) is 4.72 Å². The Kier molecular flexibility index (Phi) is 5.14. The molecule has 0 radical (unpaired) electrons. The SMILES string of the molecule is O=S(=O)(NC1CCSCC1)c1ccc(CO)c(Cl)c1. The Morgan fingerprint density at radius 1 is 1.37 bits per heavy atom. The lowest BCUT2D eigenvalue weighted by Gasteiger charge is -2.22. The van der Waals surface area contributed by atoms with E-state index in [0.717, 1.165) is 24.3 Å². The van der Waals surface area contributed by atoms with E-state index in [1.54, 1.807) is 0 Å². The van der Waals surface area contributed by atoms with Crippen LogP contribution in [0.3, 0.4) is 0 Å². The summed E-state index contributed by atoms with van der Waals surface area (Å²) in [6.07, 6.45) is 1.71. The fourth-order valence-electron chi connectivity index (χ4n) is 1.93. The van der Waals surface area contributed by atoms with Crippen molar-refractivity contribution in [3.05, 3.63) is 28.8 Å². The molecule has 1 heterocycles. The van der Waals surface area contributed by atoms with Crippen LogP contribution >= 0.6 is 23.4 Å². The van der Waals surface area contributed by atoms with E-state index < -0.39 is 10.0 Å². The van der Waals surface area contributed by atoms with Gasteiger partial charge in [0, 0.05) is 11.1 Å². The molecule has 1 aliphatic heterocycles. The summed E-state index contributed by atoms with van der Waals surface area (Å²) < 4.78 is 27.1. The highest BCUT2D eigenvalue weighted by molar-refractivity contribution is 7.99. The van der Waals surface area contributed by atoms with Crippen LogP contribution in [0.5, 0.6) is 0 Å². The van der Waals surface area contributed by atoms with Crippen molar-refractivity contribution in [3.63, 3.8) is 0 Å². The summed E-state index contributed by atoms with van der Waals surface area (Å²) in [5.74, 6) is 1.97. The maximum Gasteiger partial charge on any atom is 0.240 e. The minimum Gasteiger partial charge on any atom is -0.392 e. The lowest BCUT2D eigenvalue weighted by atomic mass is 10.2. The van der Waals surface area contributed by atoms with E-state index in [9.17, 15) is 8.42 Å². The molecule has 0 aromatic heterocycles. The molecule has 7 heteroatoms. The minimum atomic E-state index is -3.53. The maximum absolute atomic E-state index is 12.2. The molecule has 0 atom stereocenters. The Bertz CT molecular complexity index is 542. The second-order valence-electron chi connectivity index (χ2n) is 4.42. The molecule has 0 bridgehead atoms. The number of nitrogens with one attached hydrogen (secondary N) is 1. The Balaban J connectivity index is 2.16. The smallest absolute Gasteiger partial charge is 0.240 e. The number of halogens is 1. The third kappa shape index (κ3) is 3.86. The first-order valence-corrected chi connectivity index (χ1v) is 9.04. The van der Waals surface area contributed by atoms with Crippen LogP contribution in [0.1, 0.15) is 18.4 Å².